The first-order valence-electron chi connectivity index (χ1n) is 7.00. The molecule has 0 heterocycles. The van der Waals surface area contributed by atoms with Crippen LogP contribution in [0.5, 0.6) is 5.75 Å². The molecule has 0 saturated carbocycles. The maximum Gasteiger partial charge on any atom is 0.121 e. The molecule has 1 nitrogen and oxygen atoms in total. The van der Waals surface area contributed by atoms with Gasteiger partial charge in [-0.15, -0.1) is 0 Å². The van der Waals surface area contributed by atoms with Crippen LogP contribution in [0.4, 0.5) is 0 Å². The number of aryl methyl sites for hydroxylation is 2. The first kappa shape index (κ1) is 14.1. The van der Waals surface area contributed by atoms with Crippen molar-refractivity contribution in [1.29, 1.82) is 0 Å². The van der Waals surface area contributed by atoms with Crippen LogP contribution in [0.25, 0.3) is 0 Å². The minimum absolute atomic E-state index is 0.524. The molecule has 0 aliphatic heterocycles. The second-order valence-corrected chi connectivity index (χ2v) is 4.77. The molecule has 0 bridgehead atoms. The monoisotopic (exact) mass is 233 g/mol. The van der Waals surface area contributed by atoms with Crippen molar-refractivity contribution < 1.29 is 5.11 Å². The molecule has 1 radical (unpaired) electrons. The van der Waals surface area contributed by atoms with Crippen LogP contribution in [-0.4, -0.2) is 5.11 Å². The number of benzene rings is 1. The molecule has 95 valence electrons. The van der Waals surface area contributed by atoms with Crippen molar-refractivity contribution in [3.05, 3.63) is 29.3 Å². The van der Waals surface area contributed by atoms with E-state index in [0.29, 0.717) is 5.75 Å². The maximum absolute atomic E-state index is 10.2. The molecule has 1 heteroatoms. The summed E-state index contributed by atoms with van der Waals surface area (Å²) in [5, 5.41) is 10.2. The van der Waals surface area contributed by atoms with Crippen molar-refractivity contribution in [3.8, 4) is 5.75 Å². The highest BCUT2D eigenvalue weighted by Crippen LogP contribution is 2.25. The van der Waals surface area contributed by atoms with Crippen LogP contribution in [0.1, 0.15) is 63.5 Å². The molecule has 0 aliphatic rings. The van der Waals surface area contributed by atoms with Gasteiger partial charge in [0.15, 0.2) is 0 Å². The Labute approximate surface area is 106 Å². The quantitative estimate of drug-likeness (QED) is 0.648. The lowest BCUT2D eigenvalue weighted by molar-refractivity contribution is 0.457. The summed E-state index contributed by atoms with van der Waals surface area (Å²) in [5.74, 6) is 0.524. The van der Waals surface area contributed by atoms with Crippen molar-refractivity contribution in [1.82, 2.24) is 0 Å². The third-order valence-corrected chi connectivity index (χ3v) is 3.22. The highest BCUT2D eigenvalue weighted by Gasteiger charge is 2.06. The predicted octanol–water partition coefficient (Wildman–Crippen LogP) is 4.66. The number of hydrogen-bond acceptors (Lipinski definition) is 1. The van der Waals surface area contributed by atoms with Crippen molar-refractivity contribution in [2.45, 2.75) is 65.2 Å². The number of phenols is 1. The Morgan fingerprint density at radius 1 is 0.882 bits per heavy atom. The van der Waals surface area contributed by atoms with E-state index in [2.05, 4.69) is 19.9 Å². The average Bonchev–Trinajstić information content (AvgIpc) is 2.34. The Hall–Kier alpha value is -0.980. The Bertz CT molecular complexity index is 289. The predicted molar refractivity (Wildman–Crippen MR) is 73.4 cm³/mol. The van der Waals surface area contributed by atoms with E-state index in [1.807, 2.05) is 12.1 Å². The van der Waals surface area contributed by atoms with Gasteiger partial charge < -0.3 is 5.11 Å². The summed E-state index contributed by atoms with van der Waals surface area (Å²) in [6.07, 6.45) is 9.21. The first-order valence-corrected chi connectivity index (χ1v) is 7.00. The molecule has 17 heavy (non-hydrogen) atoms. The summed E-state index contributed by atoms with van der Waals surface area (Å²) < 4.78 is 0. The van der Waals surface area contributed by atoms with Crippen LogP contribution in [0.3, 0.4) is 0 Å². The average molecular weight is 233 g/mol. The van der Waals surface area contributed by atoms with Crippen molar-refractivity contribution in [2.75, 3.05) is 0 Å². The zero-order valence-corrected chi connectivity index (χ0v) is 11.3. The van der Waals surface area contributed by atoms with Gasteiger partial charge in [0.2, 0.25) is 0 Å². The molecule has 1 rings (SSSR count). The summed E-state index contributed by atoms with van der Waals surface area (Å²) in [6, 6.07) is 7.04. The molecule has 0 aliphatic carbocycles. The molecule has 1 N–H and O–H groups in total. The molecule has 0 spiro atoms. The van der Waals surface area contributed by atoms with Crippen LogP contribution in [0.2, 0.25) is 0 Å². The molecule has 1 aromatic carbocycles. The Kier molecular flexibility index (Phi) is 6.76. The number of aromatic hydroxyl groups is 1. The lowest BCUT2D eigenvalue weighted by atomic mass is 9.99. The number of unbranched alkanes of at least 4 members (excludes halogenated alkanes) is 4. The minimum Gasteiger partial charge on any atom is -0.507 e. The lowest BCUT2D eigenvalue weighted by Gasteiger charge is -2.09. The fraction of sp³-hybridized carbons (Fsp3) is 0.625. The van der Waals surface area contributed by atoms with E-state index in [9.17, 15) is 5.11 Å². The van der Waals surface area contributed by atoms with Gasteiger partial charge in [-0.1, -0.05) is 39.5 Å². The van der Waals surface area contributed by atoms with Gasteiger partial charge in [-0.05, 0) is 55.0 Å². The molecule has 0 amide bonds. The molecule has 0 fully saturated rings. The summed E-state index contributed by atoms with van der Waals surface area (Å²) in [6.45, 7) is 4.40. The van der Waals surface area contributed by atoms with E-state index < -0.39 is 0 Å². The van der Waals surface area contributed by atoms with Crippen LogP contribution >= 0.6 is 0 Å². The van der Waals surface area contributed by atoms with Gasteiger partial charge in [-0.25, -0.2) is 0 Å². The highest BCUT2D eigenvalue weighted by atomic mass is 16.3. The number of rotatable bonds is 8. The van der Waals surface area contributed by atoms with Crippen molar-refractivity contribution in [3.63, 3.8) is 0 Å². The third-order valence-electron chi connectivity index (χ3n) is 3.22. The molecular weight excluding hydrogens is 208 g/mol. The van der Waals surface area contributed by atoms with E-state index >= 15 is 0 Å². The third kappa shape index (κ3) is 4.80. The van der Waals surface area contributed by atoms with Gasteiger partial charge in [-0.2, -0.15) is 0 Å². The van der Waals surface area contributed by atoms with Gasteiger partial charge in [-0.3, -0.25) is 0 Å². The van der Waals surface area contributed by atoms with E-state index in [1.165, 1.54) is 25.7 Å². The van der Waals surface area contributed by atoms with Crippen LogP contribution < -0.4 is 0 Å². The molecule has 0 saturated heterocycles. The van der Waals surface area contributed by atoms with Crippen LogP contribution in [0, 0.1) is 6.07 Å². The van der Waals surface area contributed by atoms with Crippen molar-refractivity contribution in [2.24, 2.45) is 0 Å². The Morgan fingerprint density at radius 2 is 1.35 bits per heavy atom. The normalized spacial score (nSPS) is 10.7. The second kappa shape index (κ2) is 8.16. The van der Waals surface area contributed by atoms with Gasteiger partial charge in [0, 0.05) is 0 Å². The van der Waals surface area contributed by atoms with Crippen molar-refractivity contribution >= 4 is 0 Å². The molecule has 0 aromatic heterocycles. The van der Waals surface area contributed by atoms with E-state index in [4.69, 9.17) is 0 Å². The van der Waals surface area contributed by atoms with E-state index in [1.54, 1.807) is 0 Å². The maximum atomic E-state index is 10.2. The van der Waals surface area contributed by atoms with Gasteiger partial charge in [0.05, 0.1) is 0 Å². The standard InChI is InChI=1S/C16H25O/c1-3-5-7-10-14-12-9-13-15(16(14)17)11-8-6-4-2/h12-13,17H,3-8,10-11H2,1-2H3. The Morgan fingerprint density at radius 3 is 1.76 bits per heavy atom. The lowest BCUT2D eigenvalue weighted by Crippen LogP contribution is -1.92. The summed E-state index contributed by atoms with van der Waals surface area (Å²) in [5.41, 5.74) is 2.15. The number of phenolic OH excluding ortho intramolecular Hbond substituents is 1. The summed E-state index contributed by atoms with van der Waals surface area (Å²) in [7, 11) is 0. The Balaban J connectivity index is 2.56. The van der Waals surface area contributed by atoms with Crippen LogP contribution in [0.15, 0.2) is 12.1 Å². The zero-order valence-electron chi connectivity index (χ0n) is 11.3. The van der Waals surface area contributed by atoms with E-state index in [-0.39, 0.29) is 0 Å². The van der Waals surface area contributed by atoms with Gasteiger partial charge in [0.25, 0.3) is 0 Å². The SMILES string of the molecule is CCCCCc1c[c]cc(CCCCC)c1O. The molecule has 1 aromatic rings. The topological polar surface area (TPSA) is 20.2 Å². The van der Waals surface area contributed by atoms with Gasteiger partial charge in [0.1, 0.15) is 5.75 Å². The molecular formula is C16H25O. The number of hydrogen-bond donors (Lipinski definition) is 1. The highest BCUT2D eigenvalue weighted by molar-refractivity contribution is 5.40. The summed E-state index contributed by atoms with van der Waals surface area (Å²) >= 11 is 0. The van der Waals surface area contributed by atoms with Gasteiger partial charge >= 0.3 is 0 Å². The molecule has 0 unspecified atom stereocenters. The largest absolute Gasteiger partial charge is 0.507 e. The smallest absolute Gasteiger partial charge is 0.121 e. The fourth-order valence-corrected chi connectivity index (χ4v) is 2.10. The van der Waals surface area contributed by atoms with E-state index in [0.717, 1.165) is 36.8 Å². The molecule has 0 atom stereocenters. The summed E-state index contributed by atoms with van der Waals surface area (Å²) in [4.78, 5) is 0. The first-order chi connectivity index (χ1) is 8.29. The fourth-order valence-electron chi connectivity index (χ4n) is 2.10. The zero-order chi connectivity index (χ0) is 12.5. The minimum atomic E-state index is 0.524. The second-order valence-electron chi connectivity index (χ2n) is 4.77. The van der Waals surface area contributed by atoms with Crippen LogP contribution in [-0.2, 0) is 12.8 Å².